The molecule has 0 spiro atoms. The zero-order chi connectivity index (χ0) is 36.6. The van der Waals surface area contributed by atoms with E-state index in [1.165, 1.54) is 21.9 Å². The van der Waals surface area contributed by atoms with Gasteiger partial charge >= 0.3 is 6.09 Å². The van der Waals surface area contributed by atoms with Gasteiger partial charge in [0.2, 0.25) is 21.9 Å². The second kappa shape index (κ2) is 14.1. The standard InChI is InChI=1S/C34H44N6O8S2/c1-21-22(2)30(23(3)27-20-34(4,5)48-29(21)27)50(46,47)38-32(35)36-14-8-11-28(31(41)39-15-17-40(18-16-39)33(42)43)37-49(44,45)26-13-12-24-9-6-7-10-25(24)19-26/h6-7,9-10,12-13,19,28,37H,8,11,14-18,20H2,1-5H3,(H,42,43)(H3,35,36,38). The molecule has 0 saturated carbocycles. The monoisotopic (exact) mass is 728 g/mol. The van der Waals surface area contributed by atoms with E-state index in [1.54, 1.807) is 32.0 Å². The van der Waals surface area contributed by atoms with Gasteiger partial charge in [-0.1, -0.05) is 30.3 Å². The van der Waals surface area contributed by atoms with Crippen LogP contribution >= 0.6 is 0 Å². The molecule has 5 rings (SSSR count). The third-order valence-corrected chi connectivity index (χ3v) is 12.3. The zero-order valence-electron chi connectivity index (χ0n) is 28.8. The van der Waals surface area contributed by atoms with Gasteiger partial charge < -0.3 is 25.4 Å². The summed E-state index contributed by atoms with van der Waals surface area (Å²) in [5.74, 6) is -0.139. The summed E-state index contributed by atoms with van der Waals surface area (Å²) in [6.45, 7) is 9.59. The molecule has 2 aliphatic rings. The van der Waals surface area contributed by atoms with E-state index < -0.39 is 43.7 Å². The van der Waals surface area contributed by atoms with Crippen LogP contribution in [0.4, 0.5) is 4.79 Å². The Kier molecular flexibility index (Phi) is 10.4. The van der Waals surface area contributed by atoms with Crippen LogP contribution in [-0.2, 0) is 31.3 Å². The van der Waals surface area contributed by atoms with E-state index >= 15 is 0 Å². The van der Waals surface area contributed by atoms with Crippen LogP contribution in [-0.4, -0.2) is 94.1 Å². The van der Waals surface area contributed by atoms with Gasteiger partial charge in [0.05, 0.1) is 9.79 Å². The van der Waals surface area contributed by atoms with Crippen molar-refractivity contribution in [1.29, 1.82) is 0 Å². The Morgan fingerprint density at radius 2 is 1.58 bits per heavy atom. The number of nitrogens with one attached hydrogen (secondary N) is 2. The van der Waals surface area contributed by atoms with Crippen molar-refractivity contribution >= 4 is 48.8 Å². The fourth-order valence-electron chi connectivity index (χ4n) is 6.52. The summed E-state index contributed by atoms with van der Waals surface area (Å²) in [7, 11) is -8.28. The van der Waals surface area contributed by atoms with Gasteiger partial charge in [-0.15, -0.1) is 0 Å². The highest BCUT2D eigenvalue weighted by atomic mass is 32.2. The van der Waals surface area contributed by atoms with E-state index in [4.69, 9.17) is 10.5 Å². The molecular weight excluding hydrogens is 685 g/mol. The molecule has 1 saturated heterocycles. The Morgan fingerprint density at radius 1 is 0.940 bits per heavy atom. The smallest absolute Gasteiger partial charge is 0.407 e. The van der Waals surface area contributed by atoms with Gasteiger partial charge in [-0.05, 0) is 87.1 Å². The largest absolute Gasteiger partial charge is 0.487 e. The summed E-state index contributed by atoms with van der Waals surface area (Å²) >= 11 is 0. The molecule has 0 radical (unpaired) electrons. The van der Waals surface area contributed by atoms with Gasteiger partial charge in [0.15, 0.2) is 0 Å². The average Bonchev–Trinajstić information content (AvgIpc) is 3.40. The van der Waals surface area contributed by atoms with E-state index in [-0.39, 0.29) is 61.3 Å². The highest BCUT2D eigenvalue weighted by Crippen LogP contribution is 2.43. The minimum Gasteiger partial charge on any atom is -0.487 e. The predicted octanol–water partition coefficient (Wildman–Crippen LogP) is 3.02. The number of carboxylic acid groups (broad SMARTS) is 1. The van der Waals surface area contributed by atoms with E-state index in [2.05, 4.69) is 14.4 Å². The molecule has 16 heteroatoms. The van der Waals surface area contributed by atoms with Gasteiger partial charge in [-0.2, -0.15) is 4.72 Å². The topological polar surface area (TPSA) is 201 Å². The van der Waals surface area contributed by atoms with Crippen molar-refractivity contribution in [3.05, 3.63) is 64.7 Å². The number of hydrogen-bond acceptors (Lipinski definition) is 8. The Hall–Kier alpha value is -4.41. The van der Waals surface area contributed by atoms with E-state index in [1.807, 2.05) is 32.9 Å². The number of fused-ring (bicyclic) bond motifs is 2. The second-order valence-corrected chi connectivity index (χ2v) is 16.7. The number of aliphatic imine (C=N–C) groups is 1. The molecule has 270 valence electrons. The van der Waals surface area contributed by atoms with E-state index in [9.17, 15) is 31.5 Å². The third kappa shape index (κ3) is 7.81. The van der Waals surface area contributed by atoms with Crippen molar-refractivity contribution in [2.45, 2.75) is 75.3 Å². The highest BCUT2D eigenvalue weighted by Gasteiger charge is 2.37. The molecule has 0 aliphatic carbocycles. The van der Waals surface area contributed by atoms with E-state index in [0.29, 0.717) is 28.7 Å². The molecule has 14 nitrogen and oxygen atoms in total. The number of rotatable bonds is 10. The maximum absolute atomic E-state index is 13.7. The molecule has 1 atom stereocenters. The first-order valence-corrected chi connectivity index (χ1v) is 19.3. The number of carbonyl (C=O) groups is 2. The van der Waals surface area contributed by atoms with Crippen LogP contribution in [0.25, 0.3) is 10.8 Å². The summed E-state index contributed by atoms with van der Waals surface area (Å²) in [4.78, 5) is 31.9. The molecular formula is C34H44N6O8S2. The molecule has 1 fully saturated rings. The molecule has 5 N–H and O–H groups in total. The number of carbonyl (C=O) groups excluding carboxylic acids is 1. The SMILES string of the molecule is Cc1c(C)c(S(=O)(=O)NC(N)=NCCCC(NS(=O)(=O)c2ccc3ccccc3c2)C(=O)N2CCN(C(=O)O)CC2)c(C)c2c1OC(C)(C)C2. The fraction of sp³-hybridized carbons (Fsp3) is 0.441. The number of hydrogen-bond donors (Lipinski definition) is 4. The summed E-state index contributed by atoms with van der Waals surface area (Å²) in [6, 6.07) is 10.8. The predicted molar refractivity (Wildman–Crippen MR) is 189 cm³/mol. The van der Waals surface area contributed by atoms with Crippen molar-refractivity contribution in [2.75, 3.05) is 32.7 Å². The van der Waals surface area contributed by atoms with Gasteiger partial charge in [0, 0.05) is 44.7 Å². The Bertz CT molecular complexity index is 2070. The second-order valence-electron chi connectivity index (χ2n) is 13.3. The molecule has 50 heavy (non-hydrogen) atoms. The van der Waals surface area contributed by atoms with Crippen LogP contribution in [0.5, 0.6) is 5.75 Å². The van der Waals surface area contributed by atoms with Crippen LogP contribution < -0.4 is 19.9 Å². The molecule has 2 heterocycles. The Labute approximate surface area is 292 Å². The number of guanidine groups is 1. The first kappa shape index (κ1) is 36.9. The van der Waals surface area contributed by atoms with Crippen LogP contribution in [0.15, 0.2) is 57.2 Å². The summed E-state index contributed by atoms with van der Waals surface area (Å²) < 4.78 is 65.2. The quantitative estimate of drug-likeness (QED) is 0.138. The average molecular weight is 729 g/mol. The van der Waals surface area contributed by atoms with Crippen LogP contribution in [0.3, 0.4) is 0 Å². The molecule has 0 bridgehead atoms. The first-order valence-electron chi connectivity index (χ1n) is 16.3. The Morgan fingerprint density at radius 3 is 2.24 bits per heavy atom. The molecule has 3 aromatic carbocycles. The van der Waals surface area contributed by atoms with Crippen molar-refractivity contribution in [3.8, 4) is 5.75 Å². The molecule has 3 aromatic rings. The number of nitrogens with zero attached hydrogens (tertiary/aromatic N) is 3. The normalized spacial score (nSPS) is 16.9. The first-order chi connectivity index (χ1) is 23.4. The molecule has 0 aromatic heterocycles. The van der Waals surface area contributed by atoms with Crippen molar-refractivity contribution in [2.24, 2.45) is 10.7 Å². The van der Waals surface area contributed by atoms with Gasteiger partial charge in [-0.3, -0.25) is 9.79 Å². The number of benzene rings is 3. The van der Waals surface area contributed by atoms with Crippen molar-refractivity contribution in [1.82, 2.24) is 19.2 Å². The third-order valence-electron chi connectivity index (χ3n) is 9.22. The lowest BCUT2D eigenvalue weighted by Gasteiger charge is -2.35. The summed E-state index contributed by atoms with van der Waals surface area (Å²) in [5, 5.41) is 10.9. The number of nitrogens with two attached hydrogens (primary N) is 1. The van der Waals surface area contributed by atoms with Crippen molar-refractivity contribution in [3.63, 3.8) is 0 Å². The van der Waals surface area contributed by atoms with E-state index in [0.717, 1.165) is 16.5 Å². The minimum atomic E-state index is -4.15. The highest BCUT2D eigenvalue weighted by molar-refractivity contribution is 7.90. The summed E-state index contributed by atoms with van der Waals surface area (Å²) in [6.07, 6.45) is -0.337. The minimum absolute atomic E-state index is 0.00810. The lowest BCUT2D eigenvalue weighted by Crippen LogP contribution is -2.55. The number of piperazine rings is 1. The molecule has 1 unspecified atom stereocenters. The lowest BCUT2D eigenvalue weighted by atomic mass is 9.94. The molecule has 2 amide bonds. The van der Waals surface area contributed by atoms with Crippen molar-refractivity contribution < 1.29 is 36.3 Å². The van der Waals surface area contributed by atoms with Crippen LogP contribution in [0.1, 0.15) is 48.9 Å². The summed E-state index contributed by atoms with van der Waals surface area (Å²) in [5.41, 5.74) is 8.27. The zero-order valence-corrected chi connectivity index (χ0v) is 30.4. The van der Waals surface area contributed by atoms with Crippen LogP contribution in [0, 0.1) is 20.8 Å². The Balaban J connectivity index is 1.30. The number of sulfonamides is 2. The number of amides is 2. The van der Waals surface area contributed by atoms with Gasteiger partial charge in [0.25, 0.3) is 10.0 Å². The van der Waals surface area contributed by atoms with Gasteiger partial charge in [0.1, 0.15) is 17.4 Å². The molecule has 2 aliphatic heterocycles. The lowest BCUT2D eigenvalue weighted by molar-refractivity contribution is -0.134. The fourth-order valence-corrected chi connectivity index (χ4v) is 9.31. The van der Waals surface area contributed by atoms with Crippen LogP contribution in [0.2, 0.25) is 0 Å². The number of ether oxygens (including phenoxy) is 1. The maximum atomic E-state index is 13.7. The maximum Gasteiger partial charge on any atom is 0.407 e. The van der Waals surface area contributed by atoms with Gasteiger partial charge in [-0.25, -0.2) is 26.4 Å².